The van der Waals surface area contributed by atoms with E-state index in [1.54, 1.807) is 31.2 Å². The number of esters is 1. The molecule has 0 spiro atoms. The van der Waals surface area contributed by atoms with Crippen molar-refractivity contribution in [2.24, 2.45) is 0 Å². The molecule has 0 atom stereocenters. The minimum absolute atomic E-state index is 0.0845. The van der Waals surface area contributed by atoms with E-state index in [1.807, 2.05) is 0 Å². The number of nitrogens with zero attached hydrogens (tertiary/aromatic N) is 1. The van der Waals surface area contributed by atoms with Crippen molar-refractivity contribution in [2.45, 2.75) is 6.92 Å². The second-order valence-corrected chi connectivity index (χ2v) is 7.88. The third kappa shape index (κ3) is 5.52. The maximum atomic E-state index is 13.0. The molecule has 0 bridgehead atoms. The summed E-state index contributed by atoms with van der Waals surface area (Å²) in [5, 5.41) is 2.24. The Bertz CT molecular complexity index is 1150. The number of benzene rings is 2. The maximum absolute atomic E-state index is 13.0. The Kier molecular flexibility index (Phi) is 7.72. The second-order valence-electron chi connectivity index (χ2n) is 6.56. The molecular weight excluding hydrogens is 520 g/mol. The number of anilines is 1. The monoisotopic (exact) mass is 536 g/mol. The number of carbonyl (C=O) groups is 4. The van der Waals surface area contributed by atoms with Crippen LogP contribution in [0.3, 0.4) is 0 Å². The summed E-state index contributed by atoms with van der Waals surface area (Å²) in [6.45, 7) is 1.61. The fourth-order valence-corrected chi connectivity index (χ4v) is 3.45. The summed E-state index contributed by atoms with van der Waals surface area (Å²) >= 11 is 9.60. The van der Waals surface area contributed by atoms with Crippen LogP contribution in [0.25, 0.3) is 6.08 Å². The van der Waals surface area contributed by atoms with Gasteiger partial charge in [-0.05, 0) is 55.0 Å². The number of ether oxygens (including phenoxy) is 3. The zero-order valence-corrected chi connectivity index (χ0v) is 19.9. The van der Waals surface area contributed by atoms with E-state index < -0.39 is 23.8 Å². The number of nitrogens with one attached hydrogen (secondary N) is 1. The number of rotatable bonds is 7. The number of barbiturate groups is 1. The summed E-state index contributed by atoms with van der Waals surface area (Å²) in [6.07, 6.45) is 1.29. The minimum atomic E-state index is -0.857. The van der Waals surface area contributed by atoms with E-state index in [2.05, 4.69) is 26.0 Å². The van der Waals surface area contributed by atoms with E-state index in [0.29, 0.717) is 11.3 Å². The van der Waals surface area contributed by atoms with Crippen LogP contribution >= 0.6 is 27.5 Å². The Morgan fingerprint density at radius 1 is 1.15 bits per heavy atom. The van der Waals surface area contributed by atoms with Gasteiger partial charge in [-0.2, -0.15) is 0 Å². The smallest absolute Gasteiger partial charge is 0.343 e. The number of halogens is 2. The maximum Gasteiger partial charge on any atom is 0.343 e. The molecule has 33 heavy (non-hydrogen) atoms. The molecule has 1 aliphatic heterocycles. The van der Waals surface area contributed by atoms with Crippen molar-refractivity contribution in [1.29, 1.82) is 0 Å². The van der Waals surface area contributed by atoms with E-state index in [-0.39, 0.29) is 35.3 Å². The molecule has 2 aromatic carbocycles. The van der Waals surface area contributed by atoms with Crippen LogP contribution in [0.5, 0.6) is 11.5 Å². The summed E-state index contributed by atoms with van der Waals surface area (Å²) in [7, 11) is 1.22. The van der Waals surface area contributed by atoms with Crippen molar-refractivity contribution in [2.75, 3.05) is 25.2 Å². The van der Waals surface area contributed by atoms with Crippen molar-refractivity contribution in [3.63, 3.8) is 0 Å². The molecule has 0 aromatic heterocycles. The number of urea groups is 1. The van der Waals surface area contributed by atoms with E-state index >= 15 is 0 Å². The molecule has 9 nitrogen and oxygen atoms in total. The van der Waals surface area contributed by atoms with Gasteiger partial charge in [0.2, 0.25) is 0 Å². The van der Waals surface area contributed by atoms with Crippen LogP contribution < -0.4 is 19.7 Å². The van der Waals surface area contributed by atoms with Gasteiger partial charge < -0.3 is 14.2 Å². The lowest BCUT2D eigenvalue weighted by molar-refractivity contribution is -0.143. The average Bonchev–Trinajstić information content (AvgIpc) is 2.77. The number of hydrogen-bond acceptors (Lipinski definition) is 7. The minimum Gasteiger partial charge on any atom is -0.490 e. The summed E-state index contributed by atoms with van der Waals surface area (Å²) < 4.78 is 16.3. The van der Waals surface area contributed by atoms with Crippen LogP contribution in [-0.2, 0) is 19.1 Å². The summed E-state index contributed by atoms with van der Waals surface area (Å²) in [6, 6.07) is 8.52. The molecule has 0 saturated carbocycles. The van der Waals surface area contributed by atoms with Gasteiger partial charge in [0.05, 0.1) is 24.4 Å². The van der Waals surface area contributed by atoms with Gasteiger partial charge in [0, 0.05) is 4.47 Å². The van der Waals surface area contributed by atoms with Gasteiger partial charge in [0.15, 0.2) is 18.1 Å². The Labute approximate surface area is 202 Å². The van der Waals surface area contributed by atoms with E-state index in [1.165, 1.54) is 25.3 Å². The Morgan fingerprint density at radius 3 is 2.48 bits per heavy atom. The van der Waals surface area contributed by atoms with Crippen LogP contribution in [0.2, 0.25) is 5.02 Å². The van der Waals surface area contributed by atoms with Crippen molar-refractivity contribution in [1.82, 2.24) is 5.32 Å². The van der Waals surface area contributed by atoms with E-state index in [9.17, 15) is 19.2 Å². The molecule has 0 radical (unpaired) electrons. The fraction of sp³-hybridized carbons (Fsp3) is 0.182. The van der Waals surface area contributed by atoms with Gasteiger partial charge in [-0.3, -0.25) is 14.9 Å². The van der Waals surface area contributed by atoms with Crippen LogP contribution in [-0.4, -0.2) is 44.1 Å². The van der Waals surface area contributed by atoms with Crippen LogP contribution in [0, 0.1) is 0 Å². The number of hydrogen-bond donors (Lipinski definition) is 1. The topological polar surface area (TPSA) is 111 Å². The molecule has 1 fully saturated rings. The molecule has 1 N–H and O–H groups in total. The lowest BCUT2D eigenvalue weighted by Gasteiger charge is -2.26. The van der Waals surface area contributed by atoms with E-state index in [0.717, 1.165) is 9.37 Å². The quantitative estimate of drug-likeness (QED) is 0.325. The molecule has 0 aliphatic carbocycles. The molecule has 2 aromatic rings. The first-order valence-electron chi connectivity index (χ1n) is 9.58. The predicted molar refractivity (Wildman–Crippen MR) is 123 cm³/mol. The SMILES string of the molecule is CCOc1cc(/C=C2\C(=O)NC(=O)N(c3ccc(Br)cc3)C2=O)cc(Cl)c1OCC(=O)OC. The van der Waals surface area contributed by atoms with Crippen molar-refractivity contribution >= 4 is 63.1 Å². The van der Waals surface area contributed by atoms with Crippen molar-refractivity contribution in [3.05, 3.63) is 57.0 Å². The lowest BCUT2D eigenvalue weighted by Crippen LogP contribution is -2.54. The molecule has 0 unspecified atom stereocenters. The highest BCUT2D eigenvalue weighted by molar-refractivity contribution is 9.10. The molecule has 1 saturated heterocycles. The first-order chi connectivity index (χ1) is 15.7. The molecule has 4 amide bonds. The molecule has 3 rings (SSSR count). The summed E-state index contributed by atoms with van der Waals surface area (Å²) in [5.74, 6) is -1.95. The largest absolute Gasteiger partial charge is 0.490 e. The molecule has 1 aliphatic rings. The number of carbonyl (C=O) groups excluding carboxylic acids is 4. The average molecular weight is 538 g/mol. The number of methoxy groups -OCH3 is 1. The summed E-state index contributed by atoms with van der Waals surface area (Å²) in [4.78, 5) is 50.1. The van der Waals surface area contributed by atoms with Crippen LogP contribution in [0.1, 0.15) is 12.5 Å². The van der Waals surface area contributed by atoms with Crippen molar-refractivity contribution in [3.8, 4) is 11.5 Å². The van der Waals surface area contributed by atoms with Gasteiger partial charge in [-0.15, -0.1) is 0 Å². The fourth-order valence-electron chi connectivity index (χ4n) is 2.91. The predicted octanol–water partition coefficient (Wildman–Crippen LogP) is 3.72. The standard InChI is InChI=1S/C22H18BrClN2O7/c1-3-32-17-10-12(9-16(24)19(17)33-11-18(27)31-2)8-15-20(28)25-22(30)26(21(15)29)14-6-4-13(23)5-7-14/h4-10H,3,11H2,1-2H3,(H,25,28,30)/b15-8+. The highest BCUT2D eigenvalue weighted by Crippen LogP contribution is 2.37. The first-order valence-corrected chi connectivity index (χ1v) is 10.7. The van der Waals surface area contributed by atoms with Gasteiger partial charge in [0.1, 0.15) is 5.57 Å². The van der Waals surface area contributed by atoms with Crippen LogP contribution in [0.4, 0.5) is 10.5 Å². The zero-order chi connectivity index (χ0) is 24.1. The Morgan fingerprint density at radius 2 is 1.85 bits per heavy atom. The molecular formula is C22H18BrClN2O7. The highest BCUT2D eigenvalue weighted by atomic mass is 79.9. The summed E-state index contributed by atoms with van der Waals surface area (Å²) in [5.41, 5.74) is 0.357. The Hall–Kier alpha value is -3.37. The van der Waals surface area contributed by atoms with Crippen molar-refractivity contribution < 1.29 is 33.4 Å². The third-order valence-corrected chi connectivity index (χ3v) is 5.20. The third-order valence-electron chi connectivity index (χ3n) is 4.39. The van der Waals surface area contributed by atoms with Gasteiger partial charge in [-0.1, -0.05) is 27.5 Å². The molecule has 172 valence electrons. The highest BCUT2D eigenvalue weighted by Gasteiger charge is 2.36. The molecule has 1 heterocycles. The van der Waals surface area contributed by atoms with E-state index in [4.69, 9.17) is 21.1 Å². The van der Waals surface area contributed by atoms with Gasteiger partial charge >= 0.3 is 12.0 Å². The van der Waals surface area contributed by atoms with Crippen LogP contribution in [0.15, 0.2) is 46.4 Å². The zero-order valence-electron chi connectivity index (χ0n) is 17.5. The normalized spacial score (nSPS) is 14.8. The second kappa shape index (κ2) is 10.5. The molecule has 11 heteroatoms. The first kappa shape index (κ1) is 24.3. The number of imide groups is 2. The Balaban J connectivity index is 1.98. The number of amides is 4. The van der Waals surface area contributed by atoms with Gasteiger partial charge in [0.25, 0.3) is 11.8 Å². The van der Waals surface area contributed by atoms with Gasteiger partial charge in [-0.25, -0.2) is 14.5 Å². The lowest BCUT2D eigenvalue weighted by atomic mass is 10.1.